The van der Waals surface area contributed by atoms with E-state index in [9.17, 15) is 0 Å². The molecule has 0 saturated carbocycles. The van der Waals surface area contributed by atoms with Crippen LogP contribution in [0.2, 0.25) is 0 Å². The average molecular weight is 257 g/mol. The van der Waals surface area contributed by atoms with Gasteiger partial charge in [0.2, 0.25) is 0 Å². The van der Waals surface area contributed by atoms with Crippen LogP contribution in [0.1, 0.15) is 5.56 Å². The first-order chi connectivity index (χ1) is 9.35. The normalized spacial score (nSPS) is 26.1. The van der Waals surface area contributed by atoms with E-state index in [1.165, 1.54) is 26.2 Å². The Morgan fingerprint density at radius 2 is 1.89 bits per heavy atom. The third-order valence-electron chi connectivity index (χ3n) is 4.12. The maximum Gasteiger partial charge on any atom is 0.119 e. The van der Waals surface area contributed by atoms with Crippen molar-refractivity contribution in [3.63, 3.8) is 0 Å². The molecule has 2 unspecified atom stereocenters. The molecule has 2 saturated heterocycles. The first kappa shape index (κ1) is 12.5. The van der Waals surface area contributed by atoms with Gasteiger partial charge in [-0.05, 0) is 49.2 Å². The Kier molecular flexibility index (Phi) is 3.67. The molecule has 0 radical (unpaired) electrons. The zero-order chi connectivity index (χ0) is 13.1. The highest BCUT2D eigenvalue weighted by molar-refractivity contribution is 5.34. The lowest BCUT2D eigenvalue weighted by Crippen LogP contribution is -2.29. The summed E-state index contributed by atoms with van der Waals surface area (Å²) in [5.74, 6) is 2.53. The molecule has 0 aromatic heterocycles. The van der Waals surface area contributed by atoms with Crippen LogP contribution in [0.25, 0.3) is 0 Å². The van der Waals surface area contributed by atoms with Gasteiger partial charge in [0.15, 0.2) is 0 Å². The van der Waals surface area contributed by atoms with Crippen molar-refractivity contribution in [3.8, 4) is 11.8 Å². The standard InChI is InChI=1S/C15H19N3O/c16-7-12-1-3-15(4-2-12)19-6-5-18-10-13-8-17-9-14(13)11-18/h1-4,13-14,17H,5-6,8-11H2. The summed E-state index contributed by atoms with van der Waals surface area (Å²) >= 11 is 0. The topological polar surface area (TPSA) is 48.3 Å². The van der Waals surface area contributed by atoms with Crippen LogP contribution in [0.3, 0.4) is 0 Å². The first-order valence-corrected chi connectivity index (χ1v) is 6.91. The largest absolute Gasteiger partial charge is 0.492 e. The molecule has 0 amide bonds. The van der Waals surface area contributed by atoms with Crippen molar-refractivity contribution in [2.24, 2.45) is 11.8 Å². The Hall–Kier alpha value is -1.57. The quantitative estimate of drug-likeness (QED) is 0.877. The lowest BCUT2D eigenvalue weighted by molar-refractivity contribution is 0.228. The fraction of sp³-hybridized carbons (Fsp3) is 0.533. The molecule has 0 bridgehead atoms. The van der Waals surface area contributed by atoms with E-state index in [2.05, 4.69) is 16.3 Å². The van der Waals surface area contributed by atoms with Crippen molar-refractivity contribution < 1.29 is 4.74 Å². The van der Waals surface area contributed by atoms with Crippen molar-refractivity contribution in [1.82, 2.24) is 10.2 Å². The summed E-state index contributed by atoms with van der Waals surface area (Å²) in [6.07, 6.45) is 0. The van der Waals surface area contributed by atoms with Gasteiger partial charge in [0.05, 0.1) is 11.6 Å². The molecule has 100 valence electrons. The van der Waals surface area contributed by atoms with Crippen molar-refractivity contribution in [2.45, 2.75) is 0 Å². The lowest BCUT2D eigenvalue weighted by atomic mass is 10.0. The zero-order valence-corrected chi connectivity index (χ0v) is 11.0. The molecule has 2 heterocycles. The van der Waals surface area contributed by atoms with Crippen molar-refractivity contribution >= 4 is 0 Å². The van der Waals surface area contributed by atoms with Crippen LogP contribution >= 0.6 is 0 Å². The van der Waals surface area contributed by atoms with Gasteiger partial charge in [-0.1, -0.05) is 0 Å². The molecular weight excluding hydrogens is 238 g/mol. The van der Waals surface area contributed by atoms with Gasteiger partial charge >= 0.3 is 0 Å². The number of rotatable bonds is 4. The fourth-order valence-corrected chi connectivity index (χ4v) is 3.05. The van der Waals surface area contributed by atoms with Gasteiger partial charge in [-0.2, -0.15) is 5.26 Å². The van der Waals surface area contributed by atoms with Crippen LogP contribution < -0.4 is 10.1 Å². The molecular formula is C15H19N3O. The molecule has 1 N–H and O–H groups in total. The number of hydrogen-bond donors (Lipinski definition) is 1. The van der Waals surface area contributed by atoms with Crippen LogP contribution in [0.4, 0.5) is 0 Å². The van der Waals surface area contributed by atoms with Gasteiger partial charge in [0.1, 0.15) is 12.4 Å². The summed E-state index contributed by atoms with van der Waals surface area (Å²) in [5, 5.41) is 12.2. The van der Waals surface area contributed by atoms with Gasteiger partial charge in [-0.15, -0.1) is 0 Å². The predicted octanol–water partition coefficient (Wildman–Crippen LogP) is 1.09. The number of likely N-dealkylation sites (tertiary alicyclic amines) is 1. The number of benzene rings is 1. The Balaban J connectivity index is 1.42. The fourth-order valence-electron chi connectivity index (χ4n) is 3.05. The van der Waals surface area contributed by atoms with E-state index in [0.29, 0.717) is 5.56 Å². The summed E-state index contributed by atoms with van der Waals surface area (Å²) in [6.45, 7) is 6.48. The Labute approximate surface area is 114 Å². The van der Waals surface area contributed by atoms with Crippen LogP contribution in [0.5, 0.6) is 5.75 Å². The van der Waals surface area contributed by atoms with Crippen LogP contribution in [-0.2, 0) is 0 Å². The summed E-state index contributed by atoms with van der Waals surface area (Å²) in [7, 11) is 0. The second-order valence-corrected chi connectivity index (χ2v) is 5.42. The van der Waals surface area contributed by atoms with E-state index in [1.54, 1.807) is 12.1 Å². The van der Waals surface area contributed by atoms with Crippen LogP contribution in [-0.4, -0.2) is 44.2 Å². The maximum absolute atomic E-state index is 8.72. The third-order valence-corrected chi connectivity index (χ3v) is 4.12. The van der Waals surface area contributed by atoms with E-state index >= 15 is 0 Å². The molecule has 1 aromatic rings. The molecule has 19 heavy (non-hydrogen) atoms. The summed E-state index contributed by atoms with van der Waals surface area (Å²) < 4.78 is 5.72. The van der Waals surface area contributed by atoms with Crippen molar-refractivity contribution in [1.29, 1.82) is 5.26 Å². The minimum Gasteiger partial charge on any atom is -0.492 e. The molecule has 2 atom stereocenters. The lowest BCUT2D eigenvalue weighted by Gasteiger charge is -2.17. The van der Waals surface area contributed by atoms with E-state index < -0.39 is 0 Å². The van der Waals surface area contributed by atoms with E-state index in [4.69, 9.17) is 10.00 Å². The third kappa shape index (κ3) is 2.89. The number of ether oxygens (including phenoxy) is 1. The smallest absolute Gasteiger partial charge is 0.119 e. The summed E-state index contributed by atoms with van der Waals surface area (Å²) in [4.78, 5) is 2.50. The highest BCUT2D eigenvalue weighted by Crippen LogP contribution is 2.25. The molecule has 1 aromatic carbocycles. The van der Waals surface area contributed by atoms with E-state index in [1.807, 2.05) is 12.1 Å². The number of nitrogens with zero attached hydrogens (tertiary/aromatic N) is 2. The Morgan fingerprint density at radius 3 is 2.53 bits per heavy atom. The average Bonchev–Trinajstić information content (AvgIpc) is 3.00. The molecule has 0 aliphatic carbocycles. The van der Waals surface area contributed by atoms with Crippen LogP contribution in [0.15, 0.2) is 24.3 Å². The maximum atomic E-state index is 8.72. The zero-order valence-electron chi connectivity index (χ0n) is 11.0. The van der Waals surface area contributed by atoms with Crippen molar-refractivity contribution in [3.05, 3.63) is 29.8 Å². The number of hydrogen-bond acceptors (Lipinski definition) is 4. The molecule has 2 aliphatic heterocycles. The molecule has 2 fully saturated rings. The van der Waals surface area contributed by atoms with E-state index in [-0.39, 0.29) is 0 Å². The number of nitrogens with one attached hydrogen (secondary N) is 1. The van der Waals surface area contributed by atoms with Gasteiger partial charge < -0.3 is 10.1 Å². The molecule has 3 rings (SSSR count). The van der Waals surface area contributed by atoms with Gasteiger partial charge in [-0.3, -0.25) is 4.90 Å². The van der Waals surface area contributed by atoms with Gasteiger partial charge in [0.25, 0.3) is 0 Å². The molecule has 2 aliphatic rings. The number of nitriles is 1. The summed E-state index contributed by atoms with van der Waals surface area (Å²) in [6, 6.07) is 9.42. The minimum atomic E-state index is 0.673. The Morgan fingerprint density at radius 1 is 1.21 bits per heavy atom. The SMILES string of the molecule is N#Cc1ccc(OCCN2CC3CNCC3C2)cc1. The molecule has 4 nitrogen and oxygen atoms in total. The Bertz CT molecular complexity index is 453. The molecule has 0 spiro atoms. The minimum absolute atomic E-state index is 0.673. The van der Waals surface area contributed by atoms with Gasteiger partial charge in [-0.25, -0.2) is 0 Å². The monoisotopic (exact) mass is 257 g/mol. The first-order valence-electron chi connectivity index (χ1n) is 6.91. The predicted molar refractivity (Wildman–Crippen MR) is 72.9 cm³/mol. The van der Waals surface area contributed by atoms with Crippen LogP contribution in [0, 0.1) is 23.2 Å². The second-order valence-electron chi connectivity index (χ2n) is 5.42. The number of fused-ring (bicyclic) bond motifs is 1. The highest BCUT2D eigenvalue weighted by Gasteiger charge is 2.35. The second kappa shape index (κ2) is 5.60. The molecule has 4 heteroatoms. The van der Waals surface area contributed by atoms with Gasteiger partial charge in [0, 0.05) is 19.6 Å². The van der Waals surface area contributed by atoms with Crippen molar-refractivity contribution in [2.75, 3.05) is 39.3 Å². The summed E-state index contributed by atoms with van der Waals surface area (Å²) in [5.41, 5.74) is 0.673. The highest BCUT2D eigenvalue weighted by atomic mass is 16.5. The van der Waals surface area contributed by atoms with E-state index in [0.717, 1.165) is 30.7 Å².